The molecule has 0 aliphatic carbocycles. The number of hydrogen-bond donors (Lipinski definition) is 2. The Bertz CT molecular complexity index is 2130. The molecule has 4 aromatic carbocycles. The van der Waals surface area contributed by atoms with Gasteiger partial charge in [-0.15, -0.1) is 0 Å². The van der Waals surface area contributed by atoms with E-state index in [1.54, 1.807) is 0 Å². The number of fused-ring (bicyclic) bond motifs is 2. The lowest BCUT2D eigenvalue weighted by atomic mass is 9.91. The summed E-state index contributed by atoms with van der Waals surface area (Å²) >= 11 is 0. The summed E-state index contributed by atoms with van der Waals surface area (Å²) in [5.74, 6) is 0. The van der Waals surface area contributed by atoms with Crippen LogP contribution in [0.25, 0.3) is 27.6 Å². The number of benzene rings is 4. The van der Waals surface area contributed by atoms with Gasteiger partial charge in [0.2, 0.25) is 0 Å². The number of rotatable bonds is 4. The van der Waals surface area contributed by atoms with Gasteiger partial charge in [-0.2, -0.15) is 0 Å². The van der Waals surface area contributed by atoms with E-state index < -0.39 is 0 Å². The summed E-state index contributed by atoms with van der Waals surface area (Å²) in [6.07, 6.45) is 11.9. The summed E-state index contributed by atoms with van der Waals surface area (Å²) in [5.41, 5.74) is 15.2. The van der Waals surface area contributed by atoms with Crippen LogP contribution in [0.4, 0.5) is 0 Å². The highest BCUT2D eigenvalue weighted by Crippen LogP contribution is 2.39. The fraction of sp³-hybridized carbons (Fsp3) is 0.0732. The average Bonchev–Trinajstić information content (AvgIpc) is 3.89. The molecule has 6 aromatic rings. The van der Waals surface area contributed by atoms with Crippen molar-refractivity contribution in [1.82, 2.24) is 9.97 Å². The second-order valence-electron chi connectivity index (χ2n) is 11.4. The second-order valence-corrected chi connectivity index (χ2v) is 11.4. The molecule has 4 heterocycles. The Morgan fingerprint density at radius 3 is 2.20 bits per heavy atom. The Kier molecular flexibility index (Phi) is 7.54. The van der Waals surface area contributed by atoms with Crippen molar-refractivity contribution < 1.29 is 0 Å². The summed E-state index contributed by atoms with van der Waals surface area (Å²) in [6.45, 7) is 6.47. The molecule has 4 nitrogen and oxygen atoms in total. The largest absolute Gasteiger partial charge is 0.361 e. The number of aliphatic imine (C=N–C) groups is 2. The van der Waals surface area contributed by atoms with Crippen LogP contribution in [0.3, 0.4) is 0 Å². The van der Waals surface area contributed by atoms with Crippen LogP contribution in [0.2, 0.25) is 0 Å². The van der Waals surface area contributed by atoms with Gasteiger partial charge in [0.05, 0.1) is 17.1 Å². The maximum Gasteiger partial charge on any atom is 0.0808 e. The number of nitrogens with one attached hydrogen (secondary N) is 2. The van der Waals surface area contributed by atoms with Crippen molar-refractivity contribution in [2.45, 2.75) is 20.8 Å². The molecule has 2 aliphatic heterocycles. The number of aromatic amines is 2. The fourth-order valence-corrected chi connectivity index (χ4v) is 6.43. The molecule has 0 amide bonds. The number of allylic oxidation sites excluding steroid dienone is 2. The first-order chi connectivity index (χ1) is 22.1. The molecule has 0 saturated carbocycles. The van der Waals surface area contributed by atoms with E-state index in [0.29, 0.717) is 0 Å². The van der Waals surface area contributed by atoms with Crippen LogP contribution in [-0.4, -0.2) is 22.4 Å². The van der Waals surface area contributed by atoms with Gasteiger partial charge in [-0.3, -0.25) is 9.98 Å². The van der Waals surface area contributed by atoms with Crippen LogP contribution in [-0.2, 0) is 0 Å². The Morgan fingerprint density at radius 2 is 1.44 bits per heavy atom. The Balaban J connectivity index is 0.000000149. The number of nitrogens with zero attached hydrogens (tertiary/aromatic N) is 2. The molecule has 45 heavy (non-hydrogen) atoms. The smallest absolute Gasteiger partial charge is 0.0808 e. The molecule has 218 valence electrons. The molecule has 0 spiro atoms. The van der Waals surface area contributed by atoms with Crippen LogP contribution in [0, 0.1) is 20.8 Å². The van der Waals surface area contributed by atoms with Crippen molar-refractivity contribution in [3.8, 4) is 0 Å². The van der Waals surface area contributed by atoms with Gasteiger partial charge in [-0.1, -0.05) is 96.6 Å². The minimum atomic E-state index is 1.02. The Labute approximate surface area is 263 Å². The van der Waals surface area contributed by atoms with E-state index >= 15 is 0 Å². The molecule has 0 fully saturated rings. The van der Waals surface area contributed by atoms with Gasteiger partial charge in [0.15, 0.2) is 0 Å². The van der Waals surface area contributed by atoms with Gasteiger partial charge in [0, 0.05) is 58.2 Å². The van der Waals surface area contributed by atoms with Crippen molar-refractivity contribution in [2.24, 2.45) is 9.98 Å². The molecule has 0 radical (unpaired) electrons. The van der Waals surface area contributed by atoms with E-state index in [1.165, 1.54) is 55.3 Å². The van der Waals surface area contributed by atoms with Gasteiger partial charge in [-0.25, -0.2) is 0 Å². The first-order valence-corrected chi connectivity index (χ1v) is 15.2. The first-order valence-electron chi connectivity index (χ1n) is 15.2. The average molecular weight is 583 g/mol. The first kappa shape index (κ1) is 28.1. The van der Waals surface area contributed by atoms with E-state index in [2.05, 4.69) is 139 Å². The molecule has 2 aliphatic rings. The van der Waals surface area contributed by atoms with Crippen molar-refractivity contribution >= 4 is 40.0 Å². The summed E-state index contributed by atoms with van der Waals surface area (Å²) in [5, 5.41) is 2.43. The Hall–Kier alpha value is -5.74. The quantitative estimate of drug-likeness (QED) is 0.208. The van der Waals surface area contributed by atoms with Crippen LogP contribution in [0.15, 0.2) is 143 Å². The third-order valence-corrected chi connectivity index (χ3v) is 8.30. The molecule has 2 aromatic heterocycles. The lowest BCUT2D eigenvalue weighted by Crippen LogP contribution is -1.99. The SMILES string of the molecule is C1=N/C(=C(/c2ccccc2)c2[nH]cc3ccccc23)c2ccccc21.Cc1cc(C)c(/C(=C2\C=CC=N2)c2ccc[nH]2)c(C)c1. The van der Waals surface area contributed by atoms with Crippen molar-refractivity contribution in [3.05, 3.63) is 184 Å². The fourth-order valence-electron chi connectivity index (χ4n) is 6.43. The lowest BCUT2D eigenvalue weighted by Gasteiger charge is -2.15. The summed E-state index contributed by atoms with van der Waals surface area (Å²) in [7, 11) is 0. The Morgan fingerprint density at radius 1 is 0.689 bits per heavy atom. The molecule has 0 bridgehead atoms. The number of aromatic nitrogens is 2. The van der Waals surface area contributed by atoms with E-state index in [4.69, 9.17) is 4.99 Å². The van der Waals surface area contributed by atoms with E-state index in [9.17, 15) is 0 Å². The maximum absolute atomic E-state index is 4.78. The summed E-state index contributed by atoms with van der Waals surface area (Å²) in [4.78, 5) is 16.1. The molecule has 4 heteroatoms. The van der Waals surface area contributed by atoms with Crippen LogP contribution in [0.5, 0.6) is 0 Å². The summed E-state index contributed by atoms with van der Waals surface area (Å²) < 4.78 is 0. The number of H-pyrrole nitrogens is 2. The van der Waals surface area contributed by atoms with Gasteiger partial charge in [-0.05, 0) is 72.7 Å². The third-order valence-electron chi connectivity index (χ3n) is 8.30. The predicted octanol–water partition coefficient (Wildman–Crippen LogP) is 9.86. The topological polar surface area (TPSA) is 56.3 Å². The van der Waals surface area contributed by atoms with E-state index in [-0.39, 0.29) is 0 Å². The van der Waals surface area contributed by atoms with Crippen molar-refractivity contribution in [3.63, 3.8) is 0 Å². The summed E-state index contributed by atoms with van der Waals surface area (Å²) in [6, 6.07) is 35.9. The molecule has 0 saturated heterocycles. The molecular weight excluding hydrogens is 548 g/mol. The standard InChI is InChI=1S/C23H16N2.C18H18N2/c1-2-8-16(9-3-1)21(22-19-12-6-4-10-17(19)14-24-22)23-20-13-7-5-11-18(20)15-25-23;1-12-10-13(2)17(14(3)11-12)18(15-6-4-8-19-15)16-7-5-9-20-16/h1-15,24H;4-11,19H,1-3H3/b23-21-;18-16+. The highest BCUT2D eigenvalue weighted by atomic mass is 14.8. The molecule has 8 rings (SSSR count). The van der Waals surface area contributed by atoms with Gasteiger partial charge < -0.3 is 9.97 Å². The van der Waals surface area contributed by atoms with Gasteiger partial charge >= 0.3 is 0 Å². The molecule has 2 N–H and O–H groups in total. The van der Waals surface area contributed by atoms with Crippen molar-refractivity contribution in [2.75, 3.05) is 0 Å². The molecular formula is C41H34N4. The highest BCUT2D eigenvalue weighted by molar-refractivity contribution is 6.11. The minimum absolute atomic E-state index is 1.02. The number of aryl methyl sites for hydroxylation is 3. The van der Waals surface area contributed by atoms with Crippen molar-refractivity contribution in [1.29, 1.82) is 0 Å². The third kappa shape index (κ3) is 5.43. The molecule has 0 unspecified atom stereocenters. The lowest BCUT2D eigenvalue weighted by molar-refractivity contribution is 1.25. The van der Waals surface area contributed by atoms with Gasteiger partial charge in [0.25, 0.3) is 0 Å². The van der Waals surface area contributed by atoms with Crippen LogP contribution >= 0.6 is 0 Å². The van der Waals surface area contributed by atoms with E-state index in [1.807, 2.05) is 36.8 Å². The molecule has 0 atom stereocenters. The highest BCUT2D eigenvalue weighted by Gasteiger charge is 2.21. The van der Waals surface area contributed by atoms with E-state index in [0.717, 1.165) is 28.4 Å². The van der Waals surface area contributed by atoms with Gasteiger partial charge in [0.1, 0.15) is 0 Å². The second kappa shape index (κ2) is 12.1. The van der Waals surface area contributed by atoms with Crippen LogP contribution < -0.4 is 0 Å². The zero-order chi connectivity index (χ0) is 30.8. The zero-order valence-electron chi connectivity index (χ0n) is 25.7. The zero-order valence-corrected chi connectivity index (χ0v) is 25.7. The monoisotopic (exact) mass is 582 g/mol. The number of hydrogen-bond acceptors (Lipinski definition) is 2. The normalized spacial score (nSPS) is 15.3. The van der Waals surface area contributed by atoms with Crippen LogP contribution in [0.1, 0.15) is 50.3 Å². The predicted molar refractivity (Wildman–Crippen MR) is 190 cm³/mol. The maximum atomic E-state index is 4.78. The minimum Gasteiger partial charge on any atom is -0.361 e.